The Kier molecular flexibility index (Phi) is 3.22. The van der Waals surface area contributed by atoms with Crippen molar-refractivity contribution >= 4 is 6.08 Å². The van der Waals surface area contributed by atoms with Gasteiger partial charge >= 0.3 is 0 Å². The number of aryl methyl sites for hydroxylation is 1. The molecule has 15 heavy (non-hydrogen) atoms. The molecule has 1 N–H and O–H groups in total. The molecular weight excluding hydrogens is 184 g/mol. The largest absolute Gasteiger partial charge is 0.396 e. The molecule has 1 nitrogen and oxygen atoms in total. The Hall–Kier alpha value is -1.08. The Morgan fingerprint density at radius 1 is 1.33 bits per heavy atom. The molecule has 0 aromatic heterocycles. The topological polar surface area (TPSA) is 20.2 Å². The van der Waals surface area contributed by atoms with Crippen LogP contribution in [0.2, 0.25) is 0 Å². The van der Waals surface area contributed by atoms with Gasteiger partial charge < -0.3 is 5.11 Å². The van der Waals surface area contributed by atoms with Gasteiger partial charge in [0, 0.05) is 6.61 Å². The molecule has 0 saturated heterocycles. The van der Waals surface area contributed by atoms with Crippen LogP contribution in [0.25, 0.3) is 6.08 Å². The summed E-state index contributed by atoms with van der Waals surface area (Å²) in [6.07, 6.45) is 6.69. The van der Waals surface area contributed by atoms with Crippen molar-refractivity contribution in [2.45, 2.75) is 19.8 Å². The van der Waals surface area contributed by atoms with E-state index in [4.69, 9.17) is 5.11 Å². The fourth-order valence-electron chi connectivity index (χ4n) is 1.92. The third kappa shape index (κ3) is 2.93. The van der Waals surface area contributed by atoms with Crippen molar-refractivity contribution in [3.8, 4) is 0 Å². The average Bonchev–Trinajstić information content (AvgIpc) is 2.97. The van der Waals surface area contributed by atoms with E-state index in [0.717, 1.165) is 12.3 Å². The standard InChI is InChI=1S/C14H18O/c1-11-2-4-12(5-3-11)6-7-13-10-14(13)8-9-15/h2-7,13-15H,8-10H2,1H3/b7-6+/t13-,14-/m0/s1. The number of rotatable bonds is 4. The zero-order chi connectivity index (χ0) is 10.7. The lowest BCUT2D eigenvalue weighted by Crippen LogP contribution is -1.85. The molecule has 0 bridgehead atoms. The van der Waals surface area contributed by atoms with Gasteiger partial charge in [-0.3, -0.25) is 0 Å². The monoisotopic (exact) mass is 202 g/mol. The van der Waals surface area contributed by atoms with E-state index in [1.165, 1.54) is 17.5 Å². The smallest absolute Gasteiger partial charge is 0.0433 e. The normalized spacial score (nSPS) is 24.7. The molecule has 1 aromatic rings. The molecule has 0 unspecified atom stereocenters. The SMILES string of the molecule is Cc1ccc(/C=C/[C@H]2C[C@@H]2CCO)cc1. The molecule has 1 heteroatoms. The lowest BCUT2D eigenvalue weighted by molar-refractivity contribution is 0.278. The Balaban J connectivity index is 1.87. The Bertz CT molecular complexity index is 337. The predicted molar refractivity (Wildman–Crippen MR) is 63.5 cm³/mol. The predicted octanol–water partition coefficient (Wildman–Crippen LogP) is 3.03. The molecule has 2 atom stereocenters. The van der Waals surface area contributed by atoms with E-state index in [0.29, 0.717) is 12.5 Å². The molecule has 1 saturated carbocycles. The number of aliphatic hydroxyl groups excluding tert-OH is 1. The van der Waals surface area contributed by atoms with Crippen LogP contribution < -0.4 is 0 Å². The van der Waals surface area contributed by atoms with Crippen LogP contribution in [0.5, 0.6) is 0 Å². The summed E-state index contributed by atoms with van der Waals surface area (Å²) in [5.74, 6) is 1.44. The maximum absolute atomic E-state index is 8.79. The van der Waals surface area contributed by atoms with Gasteiger partial charge in [-0.1, -0.05) is 42.0 Å². The van der Waals surface area contributed by atoms with E-state index in [1.54, 1.807) is 0 Å². The lowest BCUT2D eigenvalue weighted by atomic mass is 10.1. The number of benzene rings is 1. The number of hydrogen-bond donors (Lipinski definition) is 1. The summed E-state index contributed by atoms with van der Waals surface area (Å²) in [7, 11) is 0. The molecule has 2 rings (SSSR count). The van der Waals surface area contributed by atoms with Gasteiger partial charge in [-0.25, -0.2) is 0 Å². The second-order valence-electron chi connectivity index (χ2n) is 4.44. The molecule has 1 fully saturated rings. The van der Waals surface area contributed by atoms with Gasteiger partial charge in [0.2, 0.25) is 0 Å². The number of allylic oxidation sites excluding steroid dienone is 1. The quantitative estimate of drug-likeness (QED) is 0.795. The van der Waals surface area contributed by atoms with Crippen molar-refractivity contribution in [2.24, 2.45) is 11.8 Å². The molecule has 0 aliphatic heterocycles. The van der Waals surface area contributed by atoms with E-state index >= 15 is 0 Å². The van der Waals surface area contributed by atoms with Crippen molar-refractivity contribution in [2.75, 3.05) is 6.61 Å². The first-order valence-corrected chi connectivity index (χ1v) is 5.65. The molecule has 0 radical (unpaired) electrons. The molecule has 1 aliphatic rings. The summed E-state index contributed by atoms with van der Waals surface area (Å²) in [6, 6.07) is 8.57. The minimum absolute atomic E-state index is 0.333. The van der Waals surface area contributed by atoms with Crippen LogP contribution in [0.15, 0.2) is 30.3 Å². The summed E-state index contributed by atoms with van der Waals surface area (Å²) < 4.78 is 0. The molecule has 0 spiro atoms. The van der Waals surface area contributed by atoms with Crippen LogP contribution in [0.3, 0.4) is 0 Å². The third-order valence-corrected chi connectivity index (χ3v) is 3.09. The molecule has 80 valence electrons. The average molecular weight is 202 g/mol. The highest BCUT2D eigenvalue weighted by Crippen LogP contribution is 2.42. The maximum Gasteiger partial charge on any atom is 0.0433 e. The van der Waals surface area contributed by atoms with E-state index in [2.05, 4.69) is 43.3 Å². The highest BCUT2D eigenvalue weighted by Gasteiger charge is 2.33. The minimum atomic E-state index is 0.333. The summed E-state index contributed by atoms with van der Waals surface area (Å²) in [6.45, 7) is 2.44. The summed E-state index contributed by atoms with van der Waals surface area (Å²) in [4.78, 5) is 0. The van der Waals surface area contributed by atoms with Gasteiger partial charge in [0.05, 0.1) is 0 Å². The Morgan fingerprint density at radius 3 is 2.73 bits per heavy atom. The van der Waals surface area contributed by atoms with Crippen molar-refractivity contribution in [3.05, 3.63) is 41.5 Å². The second-order valence-corrected chi connectivity index (χ2v) is 4.44. The van der Waals surface area contributed by atoms with Crippen LogP contribution in [0.1, 0.15) is 24.0 Å². The molecule has 0 amide bonds. The summed E-state index contributed by atoms with van der Waals surface area (Å²) >= 11 is 0. The minimum Gasteiger partial charge on any atom is -0.396 e. The van der Waals surface area contributed by atoms with Gasteiger partial charge in [-0.2, -0.15) is 0 Å². The number of aliphatic hydroxyl groups is 1. The lowest BCUT2D eigenvalue weighted by Gasteiger charge is -1.94. The van der Waals surface area contributed by atoms with E-state index in [9.17, 15) is 0 Å². The van der Waals surface area contributed by atoms with Crippen molar-refractivity contribution < 1.29 is 5.11 Å². The zero-order valence-corrected chi connectivity index (χ0v) is 9.19. The van der Waals surface area contributed by atoms with Gasteiger partial charge in [0.1, 0.15) is 0 Å². The van der Waals surface area contributed by atoms with Crippen LogP contribution in [-0.4, -0.2) is 11.7 Å². The third-order valence-electron chi connectivity index (χ3n) is 3.09. The summed E-state index contributed by atoms with van der Waals surface area (Å²) in [5.41, 5.74) is 2.58. The zero-order valence-electron chi connectivity index (χ0n) is 9.19. The first-order valence-electron chi connectivity index (χ1n) is 5.65. The van der Waals surface area contributed by atoms with Crippen LogP contribution in [-0.2, 0) is 0 Å². The number of hydrogen-bond acceptors (Lipinski definition) is 1. The molecule has 0 heterocycles. The van der Waals surface area contributed by atoms with E-state index in [1.807, 2.05) is 0 Å². The fraction of sp³-hybridized carbons (Fsp3) is 0.429. The maximum atomic E-state index is 8.79. The first kappa shape index (κ1) is 10.4. The van der Waals surface area contributed by atoms with Gasteiger partial charge in [0.25, 0.3) is 0 Å². The first-order chi connectivity index (χ1) is 7.29. The van der Waals surface area contributed by atoms with Crippen molar-refractivity contribution in [1.82, 2.24) is 0 Å². The van der Waals surface area contributed by atoms with Crippen molar-refractivity contribution in [1.29, 1.82) is 0 Å². The Morgan fingerprint density at radius 2 is 2.07 bits per heavy atom. The van der Waals surface area contributed by atoms with E-state index < -0.39 is 0 Å². The highest BCUT2D eigenvalue weighted by molar-refractivity contribution is 5.50. The fourth-order valence-corrected chi connectivity index (χ4v) is 1.92. The van der Waals surface area contributed by atoms with Gasteiger partial charge in [-0.15, -0.1) is 0 Å². The Labute approximate surface area is 91.4 Å². The molecule has 1 aliphatic carbocycles. The van der Waals surface area contributed by atoms with Gasteiger partial charge in [-0.05, 0) is 37.2 Å². The van der Waals surface area contributed by atoms with Crippen molar-refractivity contribution in [3.63, 3.8) is 0 Å². The van der Waals surface area contributed by atoms with Crippen LogP contribution in [0.4, 0.5) is 0 Å². The van der Waals surface area contributed by atoms with Crippen LogP contribution in [0, 0.1) is 18.8 Å². The summed E-state index contributed by atoms with van der Waals surface area (Å²) in [5, 5.41) is 8.79. The van der Waals surface area contributed by atoms with Gasteiger partial charge in [0.15, 0.2) is 0 Å². The van der Waals surface area contributed by atoms with Crippen LogP contribution >= 0.6 is 0 Å². The molecule has 1 aromatic carbocycles. The molecular formula is C14H18O. The highest BCUT2D eigenvalue weighted by atomic mass is 16.3. The second kappa shape index (κ2) is 4.63. The van der Waals surface area contributed by atoms with E-state index in [-0.39, 0.29) is 0 Å².